The largest absolute Gasteiger partial charge is 0.375 e. The van der Waals surface area contributed by atoms with Crippen LogP contribution in [0.5, 0.6) is 0 Å². The maximum absolute atomic E-state index is 11.2. The minimum atomic E-state index is -0.409. The molecule has 0 fully saturated rings. The van der Waals surface area contributed by atoms with E-state index in [2.05, 4.69) is 11.6 Å². The van der Waals surface area contributed by atoms with E-state index in [0.717, 1.165) is 12.0 Å². The van der Waals surface area contributed by atoms with E-state index in [4.69, 9.17) is 10.6 Å². The number of ether oxygens (including phenoxy) is 1. The fourth-order valence-electron chi connectivity index (χ4n) is 1.18. The predicted octanol–water partition coefficient (Wildman–Crippen LogP) is 1.17. The summed E-state index contributed by atoms with van der Waals surface area (Å²) in [4.78, 5) is 15.4. The van der Waals surface area contributed by atoms with Gasteiger partial charge in [-0.25, -0.2) is 10.8 Å². The highest BCUT2D eigenvalue weighted by molar-refractivity contribution is 5.91. The van der Waals surface area contributed by atoms with Crippen molar-refractivity contribution in [3.63, 3.8) is 0 Å². The van der Waals surface area contributed by atoms with Crippen LogP contribution >= 0.6 is 0 Å². The molecule has 0 atom stereocenters. The zero-order valence-corrected chi connectivity index (χ0v) is 9.90. The molecule has 0 saturated heterocycles. The van der Waals surface area contributed by atoms with Crippen LogP contribution in [-0.4, -0.2) is 17.5 Å². The summed E-state index contributed by atoms with van der Waals surface area (Å²) in [5.74, 6) is 4.62. The molecule has 3 N–H and O–H groups in total. The van der Waals surface area contributed by atoms with E-state index in [1.165, 1.54) is 0 Å². The third-order valence-corrected chi connectivity index (χ3v) is 2.09. The van der Waals surface area contributed by atoms with E-state index < -0.39 is 5.91 Å². The van der Waals surface area contributed by atoms with Gasteiger partial charge in [0.05, 0.1) is 18.9 Å². The van der Waals surface area contributed by atoms with Crippen molar-refractivity contribution in [1.82, 2.24) is 10.4 Å². The van der Waals surface area contributed by atoms with E-state index in [0.29, 0.717) is 18.9 Å². The van der Waals surface area contributed by atoms with Crippen molar-refractivity contribution in [2.45, 2.75) is 20.0 Å². The van der Waals surface area contributed by atoms with Crippen LogP contribution in [0.2, 0.25) is 0 Å². The quantitative estimate of drug-likeness (QED) is 0.255. The number of hydrazine groups is 1. The third kappa shape index (κ3) is 4.76. The molecule has 0 saturated carbocycles. The number of nitrogen functional groups attached to an aromatic ring is 1. The van der Waals surface area contributed by atoms with Gasteiger partial charge in [0.15, 0.2) is 0 Å². The fraction of sp³-hybridized carbons (Fsp3) is 0.333. The second-order valence-electron chi connectivity index (χ2n) is 3.75. The predicted molar refractivity (Wildman–Crippen MR) is 65.0 cm³/mol. The number of rotatable bonds is 6. The summed E-state index contributed by atoms with van der Waals surface area (Å²) in [5.41, 5.74) is 4.10. The van der Waals surface area contributed by atoms with Gasteiger partial charge in [0.25, 0.3) is 5.91 Å². The molecule has 0 spiro atoms. The van der Waals surface area contributed by atoms with Crippen LogP contribution in [0.25, 0.3) is 0 Å². The Hall–Kier alpha value is -1.72. The Labute approximate surface area is 101 Å². The summed E-state index contributed by atoms with van der Waals surface area (Å²) in [7, 11) is 0. The SMILES string of the molecule is C=C(C)CCOCc1cccc(C(=O)NN)n1. The first-order valence-corrected chi connectivity index (χ1v) is 5.32. The van der Waals surface area contributed by atoms with Crippen molar-refractivity contribution < 1.29 is 9.53 Å². The van der Waals surface area contributed by atoms with Gasteiger partial charge in [0, 0.05) is 0 Å². The highest BCUT2D eigenvalue weighted by Crippen LogP contribution is 2.03. The molecule has 1 heterocycles. The summed E-state index contributed by atoms with van der Waals surface area (Å²) in [6.45, 7) is 6.71. The van der Waals surface area contributed by atoms with Crippen LogP contribution in [0.4, 0.5) is 0 Å². The molecule has 0 aromatic carbocycles. The summed E-state index contributed by atoms with van der Waals surface area (Å²) in [6, 6.07) is 5.14. The van der Waals surface area contributed by atoms with Gasteiger partial charge in [0.2, 0.25) is 0 Å². The number of hydrogen-bond acceptors (Lipinski definition) is 4. The smallest absolute Gasteiger partial charge is 0.283 e. The normalized spacial score (nSPS) is 10.0. The molecule has 0 aliphatic rings. The van der Waals surface area contributed by atoms with Gasteiger partial charge < -0.3 is 4.74 Å². The highest BCUT2D eigenvalue weighted by Gasteiger charge is 2.05. The van der Waals surface area contributed by atoms with Crippen molar-refractivity contribution in [2.75, 3.05) is 6.61 Å². The molecule has 0 bridgehead atoms. The second kappa shape index (κ2) is 6.78. The molecule has 92 valence electrons. The zero-order valence-electron chi connectivity index (χ0n) is 9.90. The molecule has 0 aliphatic carbocycles. The van der Waals surface area contributed by atoms with E-state index in [-0.39, 0.29) is 5.69 Å². The lowest BCUT2D eigenvalue weighted by Gasteiger charge is -2.05. The second-order valence-corrected chi connectivity index (χ2v) is 3.75. The minimum Gasteiger partial charge on any atom is -0.375 e. The summed E-state index contributed by atoms with van der Waals surface area (Å²) >= 11 is 0. The Kier molecular flexibility index (Phi) is 5.32. The number of nitrogens with zero attached hydrogens (tertiary/aromatic N) is 1. The third-order valence-electron chi connectivity index (χ3n) is 2.09. The molecule has 5 heteroatoms. The molecule has 1 rings (SSSR count). The highest BCUT2D eigenvalue weighted by atomic mass is 16.5. The Morgan fingerprint density at radius 1 is 1.59 bits per heavy atom. The number of aromatic nitrogens is 1. The molecule has 1 aromatic rings. The number of carbonyl (C=O) groups excluding carboxylic acids is 1. The zero-order chi connectivity index (χ0) is 12.7. The first-order chi connectivity index (χ1) is 8.13. The van der Waals surface area contributed by atoms with Gasteiger partial charge in [-0.2, -0.15) is 0 Å². The van der Waals surface area contributed by atoms with E-state index in [1.54, 1.807) is 18.2 Å². The molecule has 1 aromatic heterocycles. The van der Waals surface area contributed by atoms with Crippen LogP contribution in [0.15, 0.2) is 30.4 Å². The molecular formula is C12H17N3O2. The molecule has 1 amide bonds. The number of pyridine rings is 1. The van der Waals surface area contributed by atoms with E-state index in [9.17, 15) is 4.79 Å². The first-order valence-electron chi connectivity index (χ1n) is 5.32. The topological polar surface area (TPSA) is 77.2 Å². The van der Waals surface area contributed by atoms with Gasteiger partial charge >= 0.3 is 0 Å². The monoisotopic (exact) mass is 235 g/mol. The first kappa shape index (κ1) is 13.3. The molecule has 17 heavy (non-hydrogen) atoms. The lowest BCUT2D eigenvalue weighted by Crippen LogP contribution is -2.30. The Balaban J connectivity index is 2.48. The summed E-state index contributed by atoms with van der Waals surface area (Å²) < 4.78 is 5.41. The maximum atomic E-state index is 11.2. The lowest BCUT2D eigenvalue weighted by atomic mass is 10.2. The molecular weight excluding hydrogens is 218 g/mol. The van der Waals surface area contributed by atoms with Crippen molar-refractivity contribution in [3.8, 4) is 0 Å². The number of hydrogen-bond donors (Lipinski definition) is 2. The van der Waals surface area contributed by atoms with Crippen LogP contribution in [-0.2, 0) is 11.3 Å². The minimum absolute atomic E-state index is 0.286. The van der Waals surface area contributed by atoms with Gasteiger partial charge in [-0.05, 0) is 25.5 Å². The van der Waals surface area contributed by atoms with Crippen LogP contribution < -0.4 is 11.3 Å². The van der Waals surface area contributed by atoms with Crippen LogP contribution in [0.3, 0.4) is 0 Å². The average Bonchev–Trinajstić information content (AvgIpc) is 2.34. The fourth-order valence-corrected chi connectivity index (χ4v) is 1.18. The summed E-state index contributed by atoms with van der Waals surface area (Å²) in [5, 5.41) is 0. The van der Waals surface area contributed by atoms with Crippen LogP contribution in [0.1, 0.15) is 29.5 Å². The number of nitrogens with two attached hydrogens (primary N) is 1. The lowest BCUT2D eigenvalue weighted by molar-refractivity contribution is 0.0946. The van der Waals surface area contributed by atoms with E-state index in [1.807, 2.05) is 12.3 Å². The van der Waals surface area contributed by atoms with Crippen molar-refractivity contribution >= 4 is 5.91 Å². The number of carbonyl (C=O) groups is 1. The number of nitrogens with one attached hydrogen (secondary N) is 1. The Morgan fingerprint density at radius 3 is 3.00 bits per heavy atom. The van der Waals surface area contributed by atoms with Gasteiger partial charge in [-0.3, -0.25) is 10.2 Å². The van der Waals surface area contributed by atoms with Crippen LogP contribution in [0, 0.1) is 0 Å². The molecule has 0 unspecified atom stereocenters. The van der Waals surface area contributed by atoms with Gasteiger partial charge in [-0.1, -0.05) is 11.6 Å². The maximum Gasteiger partial charge on any atom is 0.283 e. The standard InChI is InChI=1S/C12H17N3O2/c1-9(2)6-7-17-8-10-4-3-5-11(14-10)12(16)15-13/h3-5H,1,6-8,13H2,2H3,(H,15,16). The van der Waals surface area contributed by atoms with Crippen molar-refractivity contribution in [3.05, 3.63) is 41.7 Å². The van der Waals surface area contributed by atoms with Gasteiger partial charge in [-0.15, -0.1) is 6.58 Å². The molecule has 0 aliphatic heterocycles. The molecule has 0 radical (unpaired) electrons. The summed E-state index contributed by atoms with van der Waals surface area (Å²) in [6.07, 6.45) is 0.822. The Bertz CT molecular complexity index is 404. The van der Waals surface area contributed by atoms with Gasteiger partial charge in [0.1, 0.15) is 5.69 Å². The van der Waals surface area contributed by atoms with Crippen molar-refractivity contribution in [1.29, 1.82) is 0 Å². The average molecular weight is 235 g/mol. The number of amides is 1. The van der Waals surface area contributed by atoms with Crippen molar-refractivity contribution in [2.24, 2.45) is 5.84 Å². The Morgan fingerprint density at radius 2 is 2.35 bits per heavy atom. The van der Waals surface area contributed by atoms with E-state index >= 15 is 0 Å². The molecule has 5 nitrogen and oxygen atoms in total.